The van der Waals surface area contributed by atoms with Gasteiger partial charge in [-0.15, -0.1) is 0 Å². The largest absolute Gasteiger partial charge is 0.352 e. The number of rotatable bonds is 3. The highest BCUT2D eigenvalue weighted by Crippen LogP contribution is 2.37. The number of aromatic nitrogens is 1. The number of fused-ring (bicyclic) bond motifs is 1. The molecule has 1 saturated heterocycles. The van der Waals surface area contributed by atoms with Crippen LogP contribution in [0.1, 0.15) is 29.5 Å². The summed E-state index contributed by atoms with van der Waals surface area (Å²) in [7, 11) is 0. The number of halogens is 2. The topological polar surface area (TPSA) is 55.2 Å². The van der Waals surface area contributed by atoms with Crippen molar-refractivity contribution in [1.29, 1.82) is 5.26 Å². The lowest BCUT2D eigenvalue weighted by atomic mass is 9.86. The van der Waals surface area contributed by atoms with Crippen molar-refractivity contribution >= 4 is 52.0 Å². The Bertz CT molecular complexity index is 1300. The Balaban J connectivity index is 1.38. The van der Waals surface area contributed by atoms with Gasteiger partial charge in [0.1, 0.15) is 11.9 Å². The molecule has 1 aliphatic carbocycles. The predicted molar refractivity (Wildman–Crippen MR) is 147 cm³/mol. The number of nitriles is 1. The Morgan fingerprint density at radius 2 is 1.69 bits per heavy atom. The quantitative estimate of drug-likeness (QED) is 0.406. The van der Waals surface area contributed by atoms with Gasteiger partial charge in [-0.25, -0.2) is 4.98 Å². The summed E-state index contributed by atoms with van der Waals surface area (Å²) in [5.41, 5.74) is 6.03. The van der Waals surface area contributed by atoms with Crippen LogP contribution in [0.5, 0.6) is 0 Å². The number of nitrogens with zero attached hydrogens (tertiary/aromatic N) is 4. The number of pyridine rings is 1. The van der Waals surface area contributed by atoms with Crippen LogP contribution < -0.4 is 10.2 Å². The summed E-state index contributed by atoms with van der Waals surface area (Å²) >= 11 is 18.0. The standard InChI is InChI=1S/C27H25Cl2N5S/c28-19-10-11-24(23(29)16-19)31-27(35)34-14-12-33(13-15-34)26-22(17-30)20-8-4-5-9-21(20)25(32-26)18-6-2-1-3-7-18/h1-3,6-7,10-11,16H,4-5,8-9,12-15H2,(H,31,35). The highest BCUT2D eigenvalue weighted by Gasteiger charge is 2.28. The molecule has 0 spiro atoms. The third-order valence-corrected chi connectivity index (χ3v) is 7.60. The molecule has 1 N–H and O–H groups in total. The SMILES string of the molecule is N#Cc1c(N2CCN(C(=S)Nc3ccc(Cl)cc3Cl)CC2)nc(-c2ccccc2)c2c1CCCC2. The molecule has 0 saturated carbocycles. The molecule has 1 aliphatic heterocycles. The molecule has 0 radical (unpaired) electrons. The zero-order chi connectivity index (χ0) is 24.4. The molecular weight excluding hydrogens is 497 g/mol. The molecule has 1 fully saturated rings. The summed E-state index contributed by atoms with van der Waals surface area (Å²) in [5, 5.41) is 15.1. The second kappa shape index (κ2) is 10.4. The van der Waals surface area contributed by atoms with Gasteiger partial charge < -0.3 is 15.1 Å². The van der Waals surface area contributed by atoms with E-state index >= 15 is 0 Å². The smallest absolute Gasteiger partial charge is 0.173 e. The molecular formula is C27H25Cl2N5S. The van der Waals surface area contributed by atoms with Crippen LogP contribution in [0.4, 0.5) is 11.5 Å². The van der Waals surface area contributed by atoms with Crippen LogP contribution in [0.25, 0.3) is 11.3 Å². The summed E-state index contributed by atoms with van der Waals surface area (Å²) in [5.74, 6) is 0.797. The first-order valence-electron chi connectivity index (χ1n) is 11.8. The number of thiocarbonyl (C=S) groups is 1. The first-order chi connectivity index (χ1) is 17.0. The van der Waals surface area contributed by atoms with E-state index in [1.165, 1.54) is 11.1 Å². The van der Waals surface area contributed by atoms with Crippen LogP contribution in [-0.4, -0.2) is 41.2 Å². The number of nitrogens with one attached hydrogen (secondary N) is 1. The third-order valence-electron chi connectivity index (χ3n) is 6.69. The maximum absolute atomic E-state index is 10.1. The second-order valence-corrected chi connectivity index (χ2v) is 10.1. The van der Waals surface area contributed by atoms with Gasteiger partial charge in [0.05, 0.1) is 22.0 Å². The normalized spacial score (nSPS) is 15.3. The lowest BCUT2D eigenvalue weighted by Gasteiger charge is -2.38. The summed E-state index contributed by atoms with van der Waals surface area (Å²) < 4.78 is 0. The van der Waals surface area contributed by atoms with Crippen molar-refractivity contribution in [2.75, 3.05) is 36.4 Å². The minimum absolute atomic E-state index is 0.531. The Morgan fingerprint density at radius 1 is 0.971 bits per heavy atom. The van der Waals surface area contributed by atoms with E-state index in [9.17, 15) is 5.26 Å². The van der Waals surface area contributed by atoms with E-state index in [1.807, 2.05) is 24.3 Å². The maximum atomic E-state index is 10.1. The molecule has 5 nitrogen and oxygen atoms in total. The van der Waals surface area contributed by atoms with Crippen LogP contribution in [-0.2, 0) is 12.8 Å². The van der Waals surface area contributed by atoms with Crippen molar-refractivity contribution < 1.29 is 0 Å². The van der Waals surface area contributed by atoms with Gasteiger partial charge in [-0.1, -0.05) is 53.5 Å². The Kier molecular flexibility index (Phi) is 7.10. The summed E-state index contributed by atoms with van der Waals surface area (Å²) in [6.45, 7) is 2.90. The van der Waals surface area contributed by atoms with Gasteiger partial charge in [-0.3, -0.25) is 0 Å². The number of benzene rings is 2. The van der Waals surface area contributed by atoms with E-state index in [1.54, 1.807) is 12.1 Å². The Labute approximate surface area is 221 Å². The van der Waals surface area contributed by atoms with E-state index in [2.05, 4.69) is 33.3 Å². The molecule has 178 valence electrons. The molecule has 5 rings (SSSR count). The van der Waals surface area contributed by atoms with Crippen molar-refractivity contribution in [1.82, 2.24) is 9.88 Å². The zero-order valence-corrected chi connectivity index (χ0v) is 21.6. The number of hydrogen-bond donors (Lipinski definition) is 1. The fraction of sp³-hybridized carbons (Fsp3) is 0.296. The maximum Gasteiger partial charge on any atom is 0.173 e. The average Bonchev–Trinajstić information content (AvgIpc) is 2.90. The zero-order valence-electron chi connectivity index (χ0n) is 19.2. The van der Waals surface area contributed by atoms with E-state index in [0.29, 0.717) is 15.2 Å². The molecule has 1 aromatic heterocycles. The third kappa shape index (κ3) is 4.95. The minimum atomic E-state index is 0.531. The van der Waals surface area contributed by atoms with Crippen LogP contribution in [0.15, 0.2) is 48.5 Å². The number of hydrogen-bond acceptors (Lipinski definition) is 4. The molecule has 2 heterocycles. The summed E-state index contributed by atoms with van der Waals surface area (Å²) in [4.78, 5) is 9.47. The van der Waals surface area contributed by atoms with E-state index < -0.39 is 0 Å². The first-order valence-corrected chi connectivity index (χ1v) is 13.0. The van der Waals surface area contributed by atoms with Gasteiger partial charge in [-0.2, -0.15) is 5.26 Å². The van der Waals surface area contributed by atoms with Gasteiger partial charge >= 0.3 is 0 Å². The van der Waals surface area contributed by atoms with E-state index in [0.717, 1.165) is 80.2 Å². The van der Waals surface area contributed by atoms with Crippen LogP contribution in [0.2, 0.25) is 10.0 Å². The molecule has 0 bridgehead atoms. The van der Waals surface area contributed by atoms with Gasteiger partial charge in [0, 0.05) is 36.8 Å². The molecule has 2 aliphatic rings. The first kappa shape index (κ1) is 23.9. The van der Waals surface area contributed by atoms with Crippen LogP contribution in [0.3, 0.4) is 0 Å². The molecule has 0 atom stereocenters. The molecule has 0 unspecified atom stereocenters. The molecule has 2 aromatic carbocycles. The van der Waals surface area contributed by atoms with Crippen molar-refractivity contribution in [2.24, 2.45) is 0 Å². The number of anilines is 2. The van der Waals surface area contributed by atoms with Crippen molar-refractivity contribution in [3.63, 3.8) is 0 Å². The molecule has 0 amide bonds. The Hall–Kier alpha value is -2.85. The Morgan fingerprint density at radius 3 is 2.37 bits per heavy atom. The van der Waals surface area contributed by atoms with Crippen molar-refractivity contribution in [2.45, 2.75) is 25.7 Å². The minimum Gasteiger partial charge on any atom is -0.352 e. The van der Waals surface area contributed by atoms with Crippen LogP contribution in [0, 0.1) is 11.3 Å². The van der Waals surface area contributed by atoms with Crippen molar-refractivity contribution in [3.8, 4) is 17.3 Å². The number of piperazine rings is 1. The van der Waals surface area contributed by atoms with E-state index in [4.69, 9.17) is 40.4 Å². The van der Waals surface area contributed by atoms with Gasteiger partial charge in [-0.05, 0) is 67.2 Å². The van der Waals surface area contributed by atoms with Gasteiger partial charge in [0.15, 0.2) is 5.11 Å². The second-order valence-electron chi connectivity index (χ2n) is 8.83. The molecule has 35 heavy (non-hydrogen) atoms. The monoisotopic (exact) mass is 521 g/mol. The van der Waals surface area contributed by atoms with Crippen LogP contribution >= 0.6 is 35.4 Å². The molecule has 3 aromatic rings. The fourth-order valence-corrected chi connectivity index (χ4v) is 5.64. The van der Waals surface area contributed by atoms with E-state index in [-0.39, 0.29) is 0 Å². The highest BCUT2D eigenvalue weighted by atomic mass is 35.5. The predicted octanol–water partition coefficient (Wildman–Crippen LogP) is 6.32. The highest BCUT2D eigenvalue weighted by molar-refractivity contribution is 7.80. The van der Waals surface area contributed by atoms with Gasteiger partial charge in [0.25, 0.3) is 0 Å². The molecule has 8 heteroatoms. The average molecular weight is 523 g/mol. The van der Waals surface area contributed by atoms with Gasteiger partial charge in [0.2, 0.25) is 0 Å². The summed E-state index contributed by atoms with van der Waals surface area (Å²) in [6.07, 6.45) is 4.16. The van der Waals surface area contributed by atoms with Crippen molar-refractivity contribution in [3.05, 3.63) is 75.3 Å². The fourth-order valence-electron chi connectivity index (χ4n) is 4.89. The summed E-state index contributed by atoms with van der Waals surface area (Å²) in [6, 6.07) is 18.1. The lowest BCUT2D eigenvalue weighted by molar-refractivity contribution is 0.389. The lowest BCUT2D eigenvalue weighted by Crippen LogP contribution is -2.50.